The maximum Gasteiger partial charge on any atom is 0.278 e. The zero-order chi connectivity index (χ0) is 15.0. The average molecular weight is 286 g/mol. The normalized spacial score (nSPS) is 17.3. The third kappa shape index (κ3) is 2.63. The predicted molar refractivity (Wildman–Crippen MR) is 78.5 cm³/mol. The highest BCUT2D eigenvalue weighted by atomic mass is 16.5. The summed E-state index contributed by atoms with van der Waals surface area (Å²) in [4.78, 5) is 12.4. The number of benzene rings is 1. The van der Waals surface area contributed by atoms with Gasteiger partial charge in [-0.25, -0.2) is 0 Å². The third-order valence-electron chi connectivity index (χ3n) is 3.90. The molecule has 1 aromatic heterocycles. The van der Waals surface area contributed by atoms with Crippen LogP contribution in [0.4, 0.5) is 5.69 Å². The molecule has 0 bridgehead atoms. The van der Waals surface area contributed by atoms with E-state index in [9.17, 15) is 9.90 Å². The molecule has 3 rings (SSSR count). The van der Waals surface area contributed by atoms with Gasteiger partial charge in [0.05, 0.1) is 5.69 Å². The minimum atomic E-state index is -0.338. The van der Waals surface area contributed by atoms with E-state index in [1.807, 2.05) is 6.92 Å². The second-order valence-corrected chi connectivity index (χ2v) is 5.76. The number of hydrogen-bond donors (Lipinski definition) is 2. The monoisotopic (exact) mass is 286 g/mol. The third-order valence-corrected chi connectivity index (χ3v) is 3.90. The number of nitrogens with zero attached hydrogens (tertiary/aromatic N) is 1. The van der Waals surface area contributed by atoms with E-state index in [1.165, 1.54) is 0 Å². The number of amides is 1. The molecule has 1 aliphatic rings. The molecule has 0 aliphatic heterocycles. The molecule has 1 heterocycles. The SMILES string of the molecule is Cc1ccc(O)c(NC(=O)c2noc3c2C[C@@H](C)CC3)c1. The molecule has 0 fully saturated rings. The van der Waals surface area contributed by atoms with Gasteiger partial charge in [-0.1, -0.05) is 18.1 Å². The van der Waals surface area contributed by atoms with E-state index < -0.39 is 0 Å². The molecule has 21 heavy (non-hydrogen) atoms. The number of anilines is 1. The summed E-state index contributed by atoms with van der Waals surface area (Å²) in [5.74, 6) is 1.04. The van der Waals surface area contributed by atoms with Crippen molar-refractivity contribution in [2.45, 2.75) is 33.1 Å². The molecule has 0 radical (unpaired) electrons. The van der Waals surface area contributed by atoms with E-state index in [4.69, 9.17) is 4.52 Å². The summed E-state index contributed by atoms with van der Waals surface area (Å²) in [7, 11) is 0. The minimum Gasteiger partial charge on any atom is -0.506 e. The lowest BCUT2D eigenvalue weighted by atomic mass is 9.88. The minimum absolute atomic E-state index is 0.0414. The van der Waals surface area contributed by atoms with Gasteiger partial charge in [0.15, 0.2) is 5.69 Å². The molecule has 5 heteroatoms. The van der Waals surface area contributed by atoms with E-state index in [-0.39, 0.29) is 11.7 Å². The van der Waals surface area contributed by atoms with Crippen LogP contribution < -0.4 is 5.32 Å². The number of phenolic OH excluding ortho intramolecular Hbond substituents is 1. The highest BCUT2D eigenvalue weighted by Crippen LogP contribution is 2.29. The number of fused-ring (bicyclic) bond motifs is 1. The molecule has 5 nitrogen and oxygen atoms in total. The van der Waals surface area contributed by atoms with Crippen molar-refractivity contribution in [2.24, 2.45) is 5.92 Å². The number of aryl methyl sites for hydroxylation is 2. The first-order valence-corrected chi connectivity index (χ1v) is 7.13. The summed E-state index contributed by atoms with van der Waals surface area (Å²) < 4.78 is 5.27. The molecular weight excluding hydrogens is 268 g/mol. The van der Waals surface area contributed by atoms with Gasteiger partial charge in [-0.3, -0.25) is 4.79 Å². The molecule has 2 aromatic rings. The van der Waals surface area contributed by atoms with Crippen molar-refractivity contribution < 1.29 is 14.4 Å². The van der Waals surface area contributed by atoms with E-state index in [1.54, 1.807) is 18.2 Å². The quantitative estimate of drug-likeness (QED) is 0.832. The van der Waals surface area contributed by atoms with Gasteiger partial charge in [0.25, 0.3) is 5.91 Å². The van der Waals surface area contributed by atoms with Crippen LogP contribution in [-0.2, 0) is 12.8 Å². The zero-order valence-electron chi connectivity index (χ0n) is 12.1. The highest BCUT2D eigenvalue weighted by Gasteiger charge is 2.27. The molecule has 0 spiro atoms. The van der Waals surface area contributed by atoms with Crippen molar-refractivity contribution in [2.75, 3.05) is 5.32 Å². The first-order valence-electron chi connectivity index (χ1n) is 7.13. The van der Waals surface area contributed by atoms with Crippen molar-refractivity contribution in [3.8, 4) is 5.75 Å². The van der Waals surface area contributed by atoms with Crippen LogP contribution in [0.15, 0.2) is 22.7 Å². The van der Waals surface area contributed by atoms with Crippen LogP contribution in [-0.4, -0.2) is 16.2 Å². The van der Waals surface area contributed by atoms with Gasteiger partial charge in [0, 0.05) is 12.0 Å². The summed E-state index contributed by atoms with van der Waals surface area (Å²) in [5, 5.41) is 16.4. The largest absolute Gasteiger partial charge is 0.506 e. The topological polar surface area (TPSA) is 75.4 Å². The van der Waals surface area contributed by atoms with Crippen LogP contribution >= 0.6 is 0 Å². The van der Waals surface area contributed by atoms with E-state index in [2.05, 4.69) is 17.4 Å². The Balaban J connectivity index is 1.86. The van der Waals surface area contributed by atoms with Crippen LogP contribution in [0.5, 0.6) is 5.75 Å². The standard InChI is InChI=1S/C16H18N2O3/c1-9-4-6-14-11(7-9)15(18-21-14)16(20)17-12-8-10(2)3-5-13(12)19/h3,5,8-9,19H,4,6-7H2,1-2H3,(H,17,20)/t9-/m0/s1. The van der Waals surface area contributed by atoms with Crippen molar-refractivity contribution >= 4 is 11.6 Å². The molecular formula is C16H18N2O3. The van der Waals surface area contributed by atoms with Crippen molar-refractivity contribution in [1.82, 2.24) is 5.16 Å². The van der Waals surface area contributed by atoms with E-state index >= 15 is 0 Å². The summed E-state index contributed by atoms with van der Waals surface area (Å²) in [6.07, 6.45) is 2.69. The lowest BCUT2D eigenvalue weighted by Gasteiger charge is -2.16. The molecule has 1 aromatic carbocycles. The van der Waals surface area contributed by atoms with Crippen LogP contribution in [0.25, 0.3) is 0 Å². The first kappa shape index (κ1) is 13.7. The summed E-state index contributed by atoms with van der Waals surface area (Å²) >= 11 is 0. The Kier molecular flexibility index (Phi) is 3.41. The van der Waals surface area contributed by atoms with Crippen LogP contribution in [0.2, 0.25) is 0 Å². The van der Waals surface area contributed by atoms with Crippen LogP contribution in [0.3, 0.4) is 0 Å². The maximum atomic E-state index is 12.4. The second-order valence-electron chi connectivity index (χ2n) is 5.76. The number of phenols is 1. The van der Waals surface area contributed by atoms with Gasteiger partial charge in [-0.05, 0) is 43.4 Å². The van der Waals surface area contributed by atoms with Gasteiger partial charge in [0.1, 0.15) is 11.5 Å². The van der Waals surface area contributed by atoms with Gasteiger partial charge >= 0.3 is 0 Å². The van der Waals surface area contributed by atoms with Gasteiger partial charge < -0.3 is 14.9 Å². The number of carbonyl (C=O) groups is 1. The van der Waals surface area contributed by atoms with Crippen molar-refractivity contribution in [3.05, 3.63) is 40.8 Å². The molecule has 0 saturated heterocycles. The number of rotatable bonds is 2. The predicted octanol–water partition coefficient (Wildman–Crippen LogP) is 3.07. The first-order chi connectivity index (χ1) is 10.0. The Labute approximate surface area is 123 Å². The Morgan fingerprint density at radius 3 is 3.10 bits per heavy atom. The van der Waals surface area contributed by atoms with Crippen LogP contribution in [0.1, 0.15) is 40.7 Å². The summed E-state index contributed by atoms with van der Waals surface area (Å²) in [6.45, 7) is 4.05. The number of carbonyl (C=O) groups excluding carboxylic acids is 1. The number of aromatic nitrogens is 1. The fourth-order valence-corrected chi connectivity index (χ4v) is 2.69. The van der Waals surface area contributed by atoms with Gasteiger partial charge in [0.2, 0.25) is 0 Å². The van der Waals surface area contributed by atoms with E-state index in [0.717, 1.165) is 36.1 Å². The molecule has 2 N–H and O–H groups in total. The Hall–Kier alpha value is -2.30. The van der Waals surface area contributed by atoms with Crippen LogP contribution in [0, 0.1) is 12.8 Å². The van der Waals surface area contributed by atoms with Crippen molar-refractivity contribution in [1.29, 1.82) is 0 Å². The fraction of sp³-hybridized carbons (Fsp3) is 0.375. The molecule has 1 aliphatic carbocycles. The van der Waals surface area contributed by atoms with Gasteiger partial charge in [-0.15, -0.1) is 0 Å². The molecule has 0 unspecified atom stereocenters. The number of nitrogens with one attached hydrogen (secondary N) is 1. The fourth-order valence-electron chi connectivity index (χ4n) is 2.69. The second kappa shape index (κ2) is 5.24. The molecule has 110 valence electrons. The summed E-state index contributed by atoms with van der Waals surface area (Å²) in [6, 6.07) is 5.07. The highest BCUT2D eigenvalue weighted by molar-refractivity contribution is 6.04. The summed E-state index contributed by atoms with van der Waals surface area (Å²) in [5.41, 5.74) is 2.58. The number of hydrogen-bond acceptors (Lipinski definition) is 4. The van der Waals surface area contributed by atoms with Gasteiger partial charge in [-0.2, -0.15) is 0 Å². The van der Waals surface area contributed by atoms with Crippen molar-refractivity contribution in [3.63, 3.8) is 0 Å². The average Bonchev–Trinajstić information content (AvgIpc) is 2.85. The Bertz CT molecular complexity index is 691. The number of aromatic hydroxyl groups is 1. The molecule has 1 atom stereocenters. The van der Waals surface area contributed by atoms with E-state index in [0.29, 0.717) is 17.3 Å². The molecule has 1 amide bonds. The smallest absolute Gasteiger partial charge is 0.278 e. The lowest BCUT2D eigenvalue weighted by Crippen LogP contribution is -2.18. The molecule has 0 saturated carbocycles. The Morgan fingerprint density at radius 2 is 2.29 bits per heavy atom. The Morgan fingerprint density at radius 1 is 1.48 bits per heavy atom. The maximum absolute atomic E-state index is 12.4. The lowest BCUT2D eigenvalue weighted by molar-refractivity contribution is 0.101. The zero-order valence-corrected chi connectivity index (χ0v) is 12.1.